The SMILES string of the molecule is C/C(=C\C(=O)Nc1ccc(SC#N)cc1)C(=O)O. The van der Waals surface area contributed by atoms with Crippen LogP contribution in [0.15, 0.2) is 40.8 Å². The van der Waals surface area contributed by atoms with Gasteiger partial charge in [0.05, 0.1) is 0 Å². The Morgan fingerprint density at radius 1 is 1.39 bits per heavy atom. The number of anilines is 1. The lowest BCUT2D eigenvalue weighted by Gasteiger charge is -2.02. The fourth-order valence-corrected chi connectivity index (χ4v) is 1.47. The minimum absolute atomic E-state index is 0.0378. The highest BCUT2D eigenvalue weighted by Crippen LogP contribution is 2.18. The van der Waals surface area contributed by atoms with Gasteiger partial charge in [0.15, 0.2) is 0 Å². The fraction of sp³-hybridized carbons (Fsp3) is 0.0833. The fourth-order valence-electron chi connectivity index (χ4n) is 1.10. The summed E-state index contributed by atoms with van der Waals surface area (Å²) in [7, 11) is 0. The van der Waals surface area contributed by atoms with Gasteiger partial charge in [-0.2, -0.15) is 5.26 Å². The summed E-state index contributed by atoms with van der Waals surface area (Å²) in [6.07, 6.45) is 1.01. The Labute approximate surface area is 108 Å². The van der Waals surface area contributed by atoms with E-state index in [-0.39, 0.29) is 5.57 Å². The number of rotatable bonds is 4. The minimum Gasteiger partial charge on any atom is -0.478 e. The van der Waals surface area contributed by atoms with E-state index in [4.69, 9.17) is 10.4 Å². The molecule has 6 heteroatoms. The van der Waals surface area contributed by atoms with E-state index in [1.165, 1.54) is 6.92 Å². The number of amides is 1. The predicted octanol–water partition coefficient (Wildman–Crippen LogP) is 2.23. The van der Waals surface area contributed by atoms with E-state index in [1.807, 2.05) is 5.40 Å². The zero-order valence-corrected chi connectivity index (χ0v) is 10.3. The van der Waals surface area contributed by atoms with Gasteiger partial charge in [-0.15, -0.1) is 0 Å². The normalized spacial score (nSPS) is 10.6. The number of thiocyanates is 1. The molecule has 0 spiro atoms. The molecular formula is C12H10N2O3S. The molecule has 0 aliphatic rings. The van der Waals surface area contributed by atoms with Crippen molar-refractivity contribution in [1.29, 1.82) is 5.26 Å². The number of hydrogen-bond donors (Lipinski definition) is 2. The molecule has 5 nitrogen and oxygen atoms in total. The topological polar surface area (TPSA) is 90.2 Å². The van der Waals surface area contributed by atoms with Crippen LogP contribution in [0, 0.1) is 10.7 Å². The van der Waals surface area contributed by atoms with Gasteiger partial charge in [0.2, 0.25) is 5.91 Å². The van der Waals surface area contributed by atoms with Crippen molar-refractivity contribution in [3.8, 4) is 5.40 Å². The molecule has 0 unspecified atom stereocenters. The van der Waals surface area contributed by atoms with Gasteiger partial charge in [-0.3, -0.25) is 4.79 Å². The molecular weight excluding hydrogens is 252 g/mol. The van der Waals surface area contributed by atoms with Crippen molar-refractivity contribution in [3.63, 3.8) is 0 Å². The van der Waals surface area contributed by atoms with Crippen molar-refractivity contribution in [3.05, 3.63) is 35.9 Å². The van der Waals surface area contributed by atoms with Crippen LogP contribution in [-0.4, -0.2) is 17.0 Å². The first-order chi connectivity index (χ1) is 8.52. The van der Waals surface area contributed by atoms with Crippen LogP contribution in [0.1, 0.15) is 6.92 Å². The Kier molecular flexibility index (Phi) is 4.96. The van der Waals surface area contributed by atoms with E-state index in [9.17, 15) is 9.59 Å². The first kappa shape index (κ1) is 13.8. The molecule has 0 heterocycles. The van der Waals surface area contributed by atoms with Gasteiger partial charge in [-0.05, 0) is 43.0 Å². The molecule has 0 bridgehead atoms. The molecule has 0 aromatic heterocycles. The molecule has 0 aliphatic heterocycles. The summed E-state index contributed by atoms with van der Waals surface area (Å²) < 4.78 is 0. The average molecular weight is 262 g/mol. The number of thioether (sulfide) groups is 1. The number of nitrogens with one attached hydrogen (secondary N) is 1. The molecule has 1 aromatic rings. The highest BCUT2D eigenvalue weighted by Gasteiger charge is 2.04. The number of hydrogen-bond acceptors (Lipinski definition) is 4. The monoisotopic (exact) mass is 262 g/mol. The number of carbonyl (C=O) groups is 2. The van der Waals surface area contributed by atoms with Crippen LogP contribution in [0.25, 0.3) is 0 Å². The lowest BCUT2D eigenvalue weighted by atomic mass is 10.2. The zero-order chi connectivity index (χ0) is 13.5. The van der Waals surface area contributed by atoms with E-state index < -0.39 is 11.9 Å². The molecule has 2 N–H and O–H groups in total. The number of carboxylic acid groups (broad SMARTS) is 1. The standard InChI is InChI=1S/C12H10N2O3S/c1-8(12(16)17)6-11(15)14-9-2-4-10(5-3-9)18-7-13/h2-6H,1H3,(H,14,15)(H,16,17)/b8-6+. The van der Waals surface area contributed by atoms with E-state index >= 15 is 0 Å². The molecule has 0 radical (unpaired) electrons. The Hall–Kier alpha value is -2.26. The van der Waals surface area contributed by atoms with Crippen LogP contribution >= 0.6 is 11.8 Å². The Balaban J connectivity index is 2.68. The summed E-state index contributed by atoms with van der Waals surface area (Å²) in [5.74, 6) is -1.64. The molecule has 0 aliphatic carbocycles. The maximum Gasteiger partial charge on any atom is 0.331 e. The van der Waals surface area contributed by atoms with Crippen LogP contribution in [-0.2, 0) is 9.59 Å². The van der Waals surface area contributed by atoms with E-state index in [0.29, 0.717) is 5.69 Å². The maximum atomic E-state index is 11.4. The lowest BCUT2D eigenvalue weighted by Crippen LogP contribution is -2.10. The van der Waals surface area contributed by atoms with Crippen molar-refractivity contribution in [2.75, 3.05) is 5.32 Å². The van der Waals surface area contributed by atoms with Gasteiger partial charge in [0.1, 0.15) is 5.40 Å². The zero-order valence-electron chi connectivity index (χ0n) is 9.51. The molecule has 0 saturated carbocycles. The second-order valence-corrected chi connectivity index (χ2v) is 4.20. The number of nitriles is 1. The van der Waals surface area contributed by atoms with Crippen molar-refractivity contribution < 1.29 is 14.7 Å². The summed E-state index contributed by atoms with van der Waals surface area (Å²) >= 11 is 1.02. The third-order valence-electron chi connectivity index (χ3n) is 1.97. The van der Waals surface area contributed by atoms with Crippen molar-refractivity contribution in [1.82, 2.24) is 0 Å². The molecule has 1 amide bonds. The second-order valence-electron chi connectivity index (χ2n) is 3.34. The molecule has 1 rings (SSSR count). The van der Waals surface area contributed by atoms with Gasteiger partial charge >= 0.3 is 5.97 Å². The number of carbonyl (C=O) groups excluding carboxylic acids is 1. The summed E-state index contributed by atoms with van der Waals surface area (Å²) in [5.41, 5.74) is 0.501. The second kappa shape index (κ2) is 6.47. The number of carboxylic acids is 1. The van der Waals surface area contributed by atoms with Gasteiger partial charge in [0.25, 0.3) is 0 Å². The molecule has 1 aromatic carbocycles. The molecule has 0 fully saturated rings. The third-order valence-corrected chi connectivity index (χ3v) is 2.57. The third kappa shape index (κ3) is 4.31. The van der Waals surface area contributed by atoms with E-state index in [0.717, 1.165) is 22.7 Å². The highest BCUT2D eigenvalue weighted by molar-refractivity contribution is 8.03. The number of benzene rings is 1. The summed E-state index contributed by atoms with van der Waals surface area (Å²) in [6.45, 7) is 1.34. The summed E-state index contributed by atoms with van der Waals surface area (Å²) in [5, 5.41) is 21.5. The van der Waals surface area contributed by atoms with Gasteiger partial charge in [0, 0.05) is 22.2 Å². The molecule has 0 atom stereocenters. The number of nitrogens with zero attached hydrogens (tertiary/aromatic N) is 1. The van der Waals surface area contributed by atoms with E-state index in [2.05, 4.69) is 5.32 Å². The smallest absolute Gasteiger partial charge is 0.331 e. The van der Waals surface area contributed by atoms with Crippen LogP contribution in [0.3, 0.4) is 0 Å². The van der Waals surface area contributed by atoms with Crippen molar-refractivity contribution in [2.24, 2.45) is 0 Å². The van der Waals surface area contributed by atoms with Crippen LogP contribution < -0.4 is 5.32 Å². The maximum absolute atomic E-state index is 11.4. The van der Waals surface area contributed by atoms with Gasteiger partial charge < -0.3 is 10.4 Å². The lowest BCUT2D eigenvalue weighted by molar-refractivity contribution is -0.132. The molecule has 18 heavy (non-hydrogen) atoms. The van der Waals surface area contributed by atoms with E-state index in [1.54, 1.807) is 24.3 Å². The Bertz CT molecular complexity index is 529. The first-order valence-corrected chi connectivity index (χ1v) is 5.73. The highest BCUT2D eigenvalue weighted by atomic mass is 32.2. The van der Waals surface area contributed by atoms with Gasteiger partial charge in [-0.25, -0.2) is 4.79 Å². The van der Waals surface area contributed by atoms with Crippen LogP contribution in [0.4, 0.5) is 5.69 Å². The molecule has 92 valence electrons. The Morgan fingerprint density at radius 3 is 2.50 bits per heavy atom. The first-order valence-electron chi connectivity index (χ1n) is 4.91. The average Bonchev–Trinajstić information content (AvgIpc) is 2.31. The Morgan fingerprint density at radius 2 is 2.00 bits per heavy atom. The number of aliphatic carboxylic acids is 1. The van der Waals surface area contributed by atoms with Gasteiger partial charge in [-0.1, -0.05) is 0 Å². The molecule has 0 saturated heterocycles. The van der Waals surface area contributed by atoms with Crippen LogP contribution in [0.2, 0.25) is 0 Å². The van der Waals surface area contributed by atoms with Crippen molar-refractivity contribution in [2.45, 2.75) is 11.8 Å². The summed E-state index contributed by atoms with van der Waals surface area (Å²) in [4.78, 5) is 22.7. The minimum atomic E-state index is -1.13. The largest absolute Gasteiger partial charge is 0.478 e. The van der Waals surface area contributed by atoms with Crippen molar-refractivity contribution >= 4 is 29.3 Å². The quantitative estimate of drug-likeness (QED) is 0.493. The summed E-state index contributed by atoms with van der Waals surface area (Å²) in [6, 6.07) is 6.66. The predicted molar refractivity (Wildman–Crippen MR) is 67.9 cm³/mol. The van der Waals surface area contributed by atoms with Crippen LogP contribution in [0.5, 0.6) is 0 Å².